The van der Waals surface area contributed by atoms with Gasteiger partial charge in [0.2, 0.25) is 5.91 Å². The third-order valence-corrected chi connectivity index (χ3v) is 2.24. The molecule has 0 spiro atoms. The summed E-state index contributed by atoms with van der Waals surface area (Å²) in [5.41, 5.74) is 5.63. The molecule has 1 unspecified atom stereocenters. The lowest BCUT2D eigenvalue weighted by Gasteiger charge is -2.12. The number of carbonyl (C=O) groups excluding carboxylic acids is 1. The van der Waals surface area contributed by atoms with Gasteiger partial charge in [0, 0.05) is 13.2 Å². The fraction of sp³-hybridized carbons (Fsp3) is 0.500. The van der Waals surface area contributed by atoms with Crippen LogP contribution in [0.3, 0.4) is 0 Å². The highest BCUT2D eigenvalue weighted by Gasteiger charge is 2.04. The number of nitrogens with zero attached hydrogens (tertiary/aromatic N) is 1. The zero-order chi connectivity index (χ0) is 14.1. The predicted molar refractivity (Wildman–Crippen MR) is 86.9 cm³/mol. The van der Waals surface area contributed by atoms with Crippen molar-refractivity contribution >= 4 is 35.8 Å². The number of ether oxygens (including phenoxy) is 1. The zero-order valence-corrected chi connectivity index (χ0v) is 13.9. The standard InChI is InChI=1S/C12H20N4O3.HI/c1-9(8-18-2)16-12(13)15-7-11(17)14-6-10-4-3-5-19-10;/h3-5,9H,6-8H2,1-2H3,(H,14,17)(H3,13,15,16);1H. The van der Waals surface area contributed by atoms with Crippen LogP contribution < -0.4 is 16.4 Å². The van der Waals surface area contributed by atoms with E-state index >= 15 is 0 Å². The molecule has 1 aromatic heterocycles. The summed E-state index contributed by atoms with van der Waals surface area (Å²) in [7, 11) is 1.60. The molecule has 0 fully saturated rings. The van der Waals surface area contributed by atoms with Crippen LogP contribution in [0.2, 0.25) is 0 Å². The van der Waals surface area contributed by atoms with E-state index in [0.29, 0.717) is 18.9 Å². The van der Waals surface area contributed by atoms with Crippen LogP contribution in [0.4, 0.5) is 0 Å². The van der Waals surface area contributed by atoms with Gasteiger partial charge >= 0.3 is 0 Å². The Morgan fingerprint density at radius 3 is 2.95 bits per heavy atom. The SMILES string of the molecule is COCC(C)NC(N)=NCC(=O)NCc1ccco1.I. The molecular weight excluding hydrogens is 375 g/mol. The van der Waals surface area contributed by atoms with Crippen LogP contribution >= 0.6 is 24.0 Å². The topological polar surface area (TPSA) is 102 Å². The van der Waals surface area contributed by atoms with Crippen molar-refractivity contribution in [1.29, 1.82) is 0 Å². The smallest absolute Gasteiger partial charge is 0.242 e. The minimum Gasteiger partial charge on any atom is -0.467 e. The van der Waals surface area contributed by atoms with E-state index in [2.05, 4.69) is 15.6 Å². The number of aliphatic imine (C=N–C) groups is 1. The van der Waals surface area contributed by atoms with Crippen LogP contribution in [0.15, 0.2) is 27.8 Å². The average molecular weight is 396 g/mol. The number of hydrogen-bond donors (Lipinski definition) is 3. The first-order valence-corrected chi connectivity index (χ1v) is 5.96. The fourth-order valence-electron chi connectivity index (χ4n) is 1.40. The van der Waals surface area contributed by atoms with Crippen molar-refractivity contribution in [2.75, 3.05) is 20.3 Å². The van der Waals surface area contributed by atoms with E-state index in [1.54, 1.807) is 25.5 Å². The molecule has 0 radical (unpaired) electrons. The van der Waals surface area contributed by atoms with E-state index in [1.165, 1.54) is 0 Å². The Bertz CT molecular complexity index is 409. The van der Waals surface area contributed by atoms with Gasteiger partial charge in [0.15, 0.2) is 5.96 Å². The van der Waals surface area contributed by atoms with Crippen LogP contribution in [-0.4, -0.2) is 38.2 Å². The van der Waals surface area contributed by atoms with Crippen molar-refractivity contribution in [1.82, 2.24) is 10.6 Å². The van der Waals surface area contributed by atoms with Crippen LogP contribution in [0.25, 0.3) is 0 Å². The zero-order valence-electron chi connectivity index (χ0n) is 11.6. The largest absolute Gasteiger partial charge is 0.467 e. The molecule has 1 aromatic rings. The predicted octanol–water partition coefficient (Wildman–Crippen LogP) is 0.453. The molecule has 1 amide bonds. The van der Waals surface area contributed by atoms with Gasteiger partial charge in [0.25, 0.3) is 0 Å². The molecule has 0 aromatic carbocycles. The minimum absolute atomic E-state index is 0. The Labute approximate surface area is 135 Å². The molecular formula is C12H21IN4O3. The summed E-state index contributed by atoms with van der Waals surface area (Å²) in [6.45, 7) is 2.73. The van der Waals surface area contributed by atoms with Gasteiger partial charge in [-0.15, -0.1) is 24.0 Å². The van der Waals surface area contributed by atoms with Gasteiger partial charge in [-0.2, -0.15) is 0 Å². The number of rotatable bonds is 7. The van der Waals surface area contributed by atoms with Crippen molar-refractivity contribution in [2.45, 2.75) is 19.5 Å². The van der Waals surface area contributed by atoms with Crippen molar-refractivity contribution in [3.63, 3.8) is 0 Å². The molecule has 8 heteroatoms. The van der Waals surface area contributed by atoms with Crippen LogP contribution in [0.1, 0.15) is 12.7 Å². The van der Waals surface area contributed by atoms with Crippen molar-refractivity contribution in [2.24, 2.45) is 10.7 Å². The Morgan fingerprint density at radius 1 is 1.60 bits per heavy atom. The molecule has 4 N–H and O–H groups in total. The maximum absolute atomic E-state index is 11.5. The number of amides is 1. The lowest BCUT2D eigenvalue weighted by molar-refractivity contribution is -0.119. The van der Waals surface area contributed by atoms with E-state index in [-0.39, 0.29) is 48.4 Å². The summed E-state index contributed by atoms with van der Waals surface area (Å²) in [5.74, 6) is 0.690. The van der Waals surface area contributed by atoms with Gasteiger partial charge in [-0.1, -0.05) is 0 Å². The molecule has 1 atom stereocenters. The van der Waals surface area contributed by atoms with E-state index in [4.69, 9.17) is 14.9 Å². The minimum atomic E-state index is -0.222. The lowest BCUT2D eigenvalue weighted by Crippen LogP contribution is -2.41. The molecule has 114 valence electrons. The Hall–Kier alpha value is -1.29. The number of hydrogen-bond acceptors (Lipinski definition) is 4. The summed E-state index contributed by atoms with van der Waals surface area (Å²) in [5, 5.41) is 5.58. The van der Waals surface area contributed by atoms with Crippen molar-refractivity contribution in [3.05, 3.63) is 24.2 Å². The van der Waals surface area contributed by atoms with E-state index < -0.39 is 0 Å². The number of carbonyl (C=O) groups is 1. The molecule has 0 saturated carbocycles. The summed E-state index contributed by atoms with van der Waals surface area (Å²) in [4.78, 5) is 15.4. The Morgan fingerprint density at radius 2 is 2.35 bits per heavy atom. The average Bonchev–Trinajstić information content (AvgIpc) is 2.87. The first-order chi connectivity index (χ1) is 9.11. The second-order valence-corrected chi connectivity index (χ2v) is 4.06. The second kappa shape index (κ2) is 10.5. The maximum Gasteiger partial charge on any atom is 0.242 e. The molecule has 1 heterocycles. The van der Waals surface area contributed by atoms with Crippen LogP contribution in [0, 0.1) is 0 Å². The highest BCUT2D eigenvalue weighted by atomic mass is 127. The Kier molecular flexibility index (Phi) is 9.82. The summed E-state index contributed by atoms with van der Waals surface area (Å²) in [6, 6.07) is 3.59. The summed E-state index contributed by atoms with van der Waals surface area (Å²) >= 11 is 0. The third kappa shape index (κ3) is 8.00. The first kappa shape index (κ1) is 18.7. The van der Waals surface area contributed by atoms with E-state index in [1.807, 2.05) is 6.92 Å². The maximum atomic E-state index is 11.5. The van der Waals surface area contributed by atoms with Gasteiger partial charge in [-0.05, 0) is 19.1 Å². The quantitative estimate of drug-likeness (QED) is 0.353. The fourth-order valence-corrected chi connectivity index (χ4v) is 1.40. The summed E-state index contributed by atoms with van der Waals surface area (Å²) in [6.07, 6.45) is 1.55. The highest BCUT2D eigenvalue weighted by molar-refractivity contribution is 14.0. The lowest BCUT2D eigenvalue weighted by atomic mass is 10.4. The van der Waals surface area contributed by atoms with Crippen LogP contribution in [0.5, 0.6) is 0 Å². The van der Waals surface area contributed by atoms with Gasteiger partial charge < -0.3 is 25.5 Å². The number of nitrogens with two attached hydrogens (primary N) is 1. The van der Waals surface area contributed by atoms with Gasteiger partial charge in [0.1, 0.15) is 12.3 Å². The molecule has 1 rings (SSSR count). The number of halogens is 1. The second-order valence-electron chi connectivity index (χ2n) is 4.06. The summed E-state index contributed by atoms with van der Waals surface area (Å²) < 4.78 is 10.0. The normalized spacial score (nSPS) is 12.4. The van der Waals surface area contributed by atoms with E-state index in [9.17, 15) is 4.79 Å². The molecule has 20 heavy (non-hydrogen) atoms. The Balaban J connectivity index is 0.00000361. The molecule has 0 aliphatic heterocycles. The number of methoxy groups -OCH3 is 1. The van der Waals surface area contributed by atoms with Crippen LogP contribution in [-0.2, 0) is 16.1 Å². The number of furan rings is 1. The highest BCUT2D eigenvalue weighted by Crippen LogP contribution is 1.98. The van der Waals surface area contributed by atoms with Gasteiger partial charge in [0.05, 0.1) is 19.4 Å². The van der Waals surface area contributed by atoms with Gasteiger partial charge in [-0.3, -0.25) is 4.79 Å². The monoisotopic (exact) mass is 396 g/mol. The molecule has 0 aliphatic carbocycles. The van der Waals surface area contributed by atoms with Crippen molar-refractivity contribution in [3.8, 4) is 0 Å². The molecule has 0 bridgehead atoms. The molecule has 7 nitrogen and oxygen atoms in total. The number of nitrogens with one attached hydrogen (secondary N) is 2. The first-order valence-electron chi connectivity index (χ1n) is 5.96. The van der Waals surface area contributed by atoms with Crippen molar-refractivity contribution < 1.29 is 13.9 Å². The van der Waals surface area contributed by atoms with Gasteiger partial charge in [-0.25, -0.2) is 4.99 Å². The number of guanidine groups is 1. The van der Waals surface area contributed by atoms with E-state index in [0.717, 1.165) is 0 Å². The third-order valence-electron chi connectivity index (χ3n) is 2.24. The molecule has 0 aliphatic rings. The molecule has 0 saturated heterocycles.